The minimum absolute atomic E-state index is 0.0633. The maximum Gasteiger partial charge on any atom is 0.304 e. The largest absolute Gasteiger partial charge is 0.363 e. The maximum atomic E-state index is 10.9. The predicted molar refractivity (Wildman–Crippen MR) is 69.2 cm³/mol. The zero-order valence-electron chi connectivity index (χ0n) is 7.96. The molecule has 4 nitrogen and oxygen atoms in total. The molecule has 0 aromatic carbocycles. The van der Waals surface area contributed by atoms with E-state index in [1.165, 1.54) is 0 Å². The van der Waals surface area contributed by atoms with Crippen molar-refractivity contribution in [2.75, 3.05) is 5.32 Å². The molecule has 7 heteroatoms. The number of pyridine rings is 1. The summed E-state index contributed by atoms with van der Waals surface area (Å²) in [6.45, 7) is 0.493. The Morgan fingerprint density at radius 3 is 3.06 bits per heavy atom. The van der Waals surface area contributed by atoms with E-state index in [2.05, 4.69) is 31.2 Å². The highest BCUT2D eigenvalue weighted by Crippen LogP contribution is 2.23. The summed E-state index contributed by atoms with van der Waals surface area (Å²) in [5, 5.41) is 5.34. The lowest BCUT2D eigenvalue weighted by atomic mass is 10.4. The van der Waals surface area contributed by atoms with E-state index in [4.69, 9.17) is 11.6 Å². The van der Waals surface area contributed by atoms with Gasteiger partial charge in [-0.1, -0.05) is 22.9 Å². The van der Waals surface area contributed by atoms with Crippen LogP contribution >= 0.6 is 38.9 Å². The van der Waals surface area contributed by atoms with E-state index in [-0.39, 0.29) is 4.87 Å². The maximum absolute atomic E-state index is 10.9. The quantitative estimate of drug-likeness (QED) is 0.914. The molecule has 0 aliphatic heterocycles. The minimum Gasteiger partial charge on any atom is -0.363 e. The molecule has 0 unspecified atom stereocenters. The molecule has 0 saturated carbocycles. The zero-order valence-corrected chi connectivity index (χ0v) is 11.1. The third kappa shape index (κ3) is 2.84. The number of hydrogen-bond acceptors (Lipinski definition) is 4. The van der Waals surface area contributed by atoms with Crippen LogP contribution in [0.4, 0.5) is 5.82 Å². The van der Waals surface area contributed by atoms with Gasteiger partial charge < -0.3 is 10.3 Å². The summed E-state index contributed by atoms with van der Waals surface area (Å²) in [5.74, 6) is 0.594. The van der Waals surface area contributed by atoms with Gasteiger partial charge >= 0.3 is 4.87 Å². The second-order valence-corrected chi connectivity index (χ2v) is 5.18. The standard InChI is InChI=1S/C9H7BrClN3OS/c10-5-1-7(11)8(12-2-5)13-3-6-4-16-9(15)14-6/h1-2,4H,3H2,(H,12,13)(H,14,15). The third-order valence-corrected chi connectivity index (χ3v) is 3.27. The minimum atomic E-state index is -0.0633. The Kier molecular flexibility index (Phi) is 3.63. The molecule has 0 aliphatic rings. The molecule has 16 heavy (non-hydrogen) atoms. The lowest BCUT2D eigenvalue weighted by molar-refractivity contribution is 1.04. The molecule has 0 atom stereocenters. The number of anilines is 1. The van der Waals surface area contributed by atoms with Crippen LogP contribution in [0.2, 0.25) is 5.02 Å². The first-order valence-corrected chi connectivity index (χ1v) is 6.42. The van der Waals surface area contributed by atoms with E-state index in [1.807, 2.05) is 0 Å². The zero-order chi connectivity index (χ0) is 11.5. The van der Waals surface area contributed by atoms with Gasteiger partial charge in [0.25, 0.3) is 0 Å². The molecule has 0 amide bonds. The number of aromatic amines is 1. The topological polar surface area (TPSA) is 57.8 Å². The average Bonchev–Trinajstić information content (AvgIpc) is 2.63. The van der Waals surface area contributed by atoms with Crippen LogP contribution in [0.3, 0.4) is 0 Å². The fraction of sp³-hybridized carbons (Fsp3) is 0.111. The van der Waals surface area contributed by atoms with Gasteiger partial charge in [-0.3, -0.25) is 4.79 Å². The van der Waals surface area contributed by atoms with Gasteiger partial charge in [-0.2, -0.15) is 0 Å². The second kappa shape index (κ2) is 4.99. The van der Waals surface area contributed by atoms with Gasteiger partial charge in [0, 0.05) is 21.7 Å². The van der Waals surface area contributed by atoms with Crippen molar-refractivity contribution in [3.8, 4) is 0 Å². The molecule has 2 N–H and O–H groups in total. The van der Waals surface area contributed by atoms with Crippen LogP contribution in [-0.2, 0) is 6.54 Å². The van der Waals surface area contributed by atoms with Crippen molar-refractivity contribution in [3.05, 3.63) is 42.5 Å². The van der Waals surface area contributed by atoms with E-state index in [9.17, 15) is 4.79 Å². The number of hydrogen-bond donors (Lipinski definition) is 2. The van der Waals surface area contributed by atoms with E-state index in [0.29, 0.717) is 17.4 Å². The molecule has 0 radical (unpaired) electrons. The molecule has 2 rings (SSSR count). The molecule has 2 aromatic heterocycles. The van der Waals surface area contributed by atoms with E-state index >= 15 is 0 Å². The van der Waals surface area contributed by atoms with Gasteiger partial charge in [-0.25, -0.2) is 4.98 Å². The number of rotatable bonds is 3. The van der Waals surface area contributed by atoms with Gasteiger partial charge in [0.1, 0.15) is 5.82 Å². The van der Waals surface area contributed by atoms with E-state index < -0.39 is 0 Å². The second-order valence-electron chi connectivity index (χ2n) is 3.01. The molecular weight excluding hydrogens is 314 g/mol. The van der Waals surface area contributed by atoms with E-state index in [0.717, 1.165) is 21.5 Å². The van der Waals surface area contributed by atoms with Crippen molar-refractivity contribution in [3.63, 3.8) is 0 Å². The highest BCUT2D eigenvalue weighted by atomic mass is 79.9. The monoisotopic (exact) mass is 319 g/mol. The molecule has 84 valence electrons. The Morgan fingerprint density at radius 2 is 2.44 bits per heavy atom. The van der Waals surface area contributed by atoms with Crippen molar-refractivity contribution in [2.45, 2.75) is 6.54 Å². The van der Waals surface area contributed by atoms with Gasteiger partial charge in [0.2, 0.25) is 0 Å². The summed E-state index contributed by atoms with van der Waals surface area (Å²) in [6.07, 6.45) is 1.66. The smallest absolute Gasteiger partial charge is 0.304 e. The van der Waals surface area contributed by atoms with Gasteiger partial charge in [0.15, 0.2) is 0 Å². The fourth-order valence-corrected chi connectivity index (χ4v) is 2.40. The Labute approximate surface area is 109 Å². The lowest BCUT2D eigenvalue weighted by Crippen LogP contribution is -2.04. The summed E-state index contributed by atoms with van der Waals surface area (Å²) in [6, 6.07) is 1.76. The summed E-state index contributed by atoms with van der Waals surface area (Å²) in [4.78, 5) is 17.7. The van der Waals surface area contributed by atoms with Crippen LogP contribution in [0, 0.1) is 0 Å². The van der Waals surface area contributed by atoms with Crippen LogP contribution in [-0.4, -0.2) is 9.97 Å². The van der Waals surface area contributed by atoms with Crippen molar-refractivity contribution in [1.29, 1.82) is 0 Å². The van der Waals surface area contributed by atoms with Crippen LogP contribution in [0.1, 0.15) is 5.69 Å². The van der Waals surface area contributed by atoms with Gasteiger partial charge in [-0.05, 0) is 22.0 Å². The number of nitrogens with one attached hydrogen (secondary N) is 2. The normalized spacial score (nSPS) is 10.4. The van der Waals surface area contributed by atoms with Crippen molar-refractivity contribution in [1.82, 2.24) is 9.97 Å². The van der Waals surface area contributed by atoms with Crippen molar-refractivity contribution >= 4 is 44.7 Å². The molecule has 2 heterocycles. The first-order chi connectivity index (χ1) is 7.65. The number of halogens is 2. The van der Waals surface area contributed by atoms with Crippen molar-refractivity contribution in [2.24, 2.45) is 0 Å². The third-order valence-electron chi connectivity index (χ3n) is 1.82. The number of nitrogens with zero attached hydrogens (tertiary/aromatic N) is 1. The number of aromatic nitrogens is 2. The number of thiazole rings is 1. The summed E-state index contributed by atoms with van der Waals surface area (Å²) in [5.41, 5.74) is 0.816. The summed E-state index contributed by atoms with van der Waals surface area (Å²) >= 11 is 10.4. The van der Waals surface area contributed by atoms with Crippen LogP contribution < -0.4 is 10.2 Å². The Hall–Kier alpha value is -0.850. The van der Waals surface area contributed by atoms with Gasteiger partial charge in [-0.15, -0.1) is 0 Å². The van der Waals surface area contributed by atoms with Crippen LogP contribution in [0.25, 0.3) is 0 Å². The average molecular weight is 321 g/mol. The summed E-state index contributed by atoms with van der Waals surface area (Å²) in [7, 11) is 0. The van der Waals surface area contributed by atoms with Crippen LogP contribution in [0.5, 0.6) is 0 Å². The molecule has 0 saturated heterocycles. The predicted octanol–water partition coefficient (Wildman–Crippen LogP) is 2.86. The molecule has 0 aliphatic carbocycles. The Morgan fingerprint density at radius 1 is 1.62 bits per heavy atom. The van der Waals surface area contributed by atoms with Crippen LogP contribution in [0.15, 0.2) is 26.9 Å². The Balaban J connectivity index is 2.07. The molecule has 0 bridgehead atoms. The molecule has 0 spiro atoms. The lowest BCUT2D eigenvalue weighted by Gasteiger charge is -2.05. The van der Waals surface area contributed by atoms with Crippen molar-refractivity contribution < 1.29 is 0 Å². The first kappa shape index (κ1) is 11.6. The first-order valence-electron chi connectivity index (χ1n) is 4.37. The van der Waals surface area contributed by atoms with E-state index in [1.54, 1.807) is 17.6 Å². The highest BCUT2D eigenvalue weighted by Gasteiger charge is 2.03. The van der Waals surface area contributed by atoms with Gasteiger partial charge in [0.05, 0.1) is 11.6 Å². The number of H-pyrrole nitrogens is 1. The molecule has 2 aromatic rings. The Bertz CT molecular complexity index is 554. The fourth-order valence-electron chi connectivity index (χ4n) is 1.12. The highest BCUT2D eigenvalue weighted by molar-refractivity contribution is 9.10. The molecule has 0 fully saturated rings. The summed E-state index contributed by atoms with van der Waals surface area (Å²) < 4.78 is 0.826. The SMILES string of the molecule is O=c1[nH]c(CNc2ncc(Br)cc2Cl)cs1. The molecular formula is C9H7BrClN3OS.